The largest absolute Gasteiger partial charge is 0.387 e. The van der Waals surface area contributed by atoms with Gasteiger partial charge in [-0.05, 0) is 5.41 Å². The van der Waals surface area contributed by atoms with Crippen LogP contribution >= 0.6 is 11.8 Å². The summed E-state index contributed by atoms with van der Waals surface area (Å²) in [7, 11) is 0. The van der Waals surface area contributed by atoms with Gasteiger partial charge in [-0.3, -0.25) is 4.57 Å². The van der Waals surface area contributed by atoms with Gasteiger partial charge in [0.25, 0.3) is 0 Å². The highest BCUT2D eigenvalue weighted by Crippen LogP contribution is 2.33. The van der Waals surface area contributed by atoms with Crippen LogP contribution in [0.1, 0.15) is 6.23 Å². The van der Waals surface area contributed by atoms with E-state index in [0.717, 1.165) is 0 Å². The van der Waals surface area contributed by atoms with Crippen LogP contribution in [0, 0.1) is 0 Å². The highest BCUT2D eigenvalue weighted by atomic mass is 32.2. The van der Waals surface area contributed by atoms with E-state index in [1.807, 2.05) is 0 Å². The highest BCUT2D eigenvalue weighted by molar-refractivity contribution is 8.02. The van der Waals surface area contributed by atoms with Crippen molar-refractivity contribution in [2.45, 2.75) is 24.5 Å². The fourth-order valence-electron chi connectivity index (χ4n) is 2.32. The van der Waals surface area contributed by atoms with Crippen molar-refractivity contribution in [2.24, 2.45) is 0 Å². The van der Waals surface area contributed by atoms with Gasteiger partial charge in [-0.15, -0.1) is 11.8 Å². The summed E-state index contributed by atoms with van der Waals surface area (Å²) in [6.07, 6.45) is -0.537. The van der Waals surface area contributed by atoms with E-state index in [4.69, 9.17) is 10.5 Å². The molecular formula is C12H15N5O3S. The number of hydrogen-bond acceptors (Lipinski definition) is 8. The van der Waals surface area contributed by atoms with E-state index in [2.05, 4.69) is 21.5 Å². The minimum Gasteiger partial charge on any atom is -0.387 e. The number of aromatic nitrogens is 4. The maximum Gasteiger partial charge on any atom is 0.167 e. The number of imidazole rings is 1. The molecule has 4 N–H and O–H groups in total. The fourth-order valence-corrected chi connectivity index (χ4v) is 2.92. The molecule has 0 radical (unpaired) electrons. The predicted octanol–water partition coefficient (Wildman–Crippen LogP) is -0.0956. The molecule has 3 rings (SSSR count). The number of aliphatic hydroxyl groups excluding tert-OH is 2. The van der Waals surface area contributed by atoms with Gasteiger partial charge in [0, 0.05) is 5.75 Å². The van der Waals surface area contributed by atoms with Gasteiger partial charge >= 0.3 is 0 Å². The van der Waals surface area contributed by atoms with Crippen LogP contribution in [0.2, 0.25) is 0 Å². The molecule has 0 unspecified atom stereocenters. The summed E-state index contributed by atoms with van der Waals surface area (Å²) < 4.78 is 7.29. The number of nitrogens with zero attached hydrogens (tertiary/aromatic N) is 4. The molecule has 0 amide bonds. The topological polar surface area (TPSA) is 119 Å². The number of anilines is 1. The molecule has 9 heteroatoms. The summed E-state index contributed by atoms with van der Waals surface area (Å²) in [5.74, 6) is 0.757. The average Bonchev–Trinajstić information content (AvgIpc) is 3.02. The van der Waals surface area contributed by atoms with Crippen LogP contribution in [0.5, 0.6) is 0 Å². The SMILES string of the molecule is C=CSC[C@H]1O[C@@H](n2cnc3c(N)ncnc32)[C@H](O)[C@@H]1O. The summed E-state index contributed by atoms with van der Waals surface area (Å²) in [6, 6.07) is 0. The van der Waals surface area contributed by atoms with Gasteiger partial charge in [-0.1, -0.05) is 6.58 Å². The first-order chi connectivity index (χ1) is 10.1. The summed E-state index contributed by atoms with van der Waals surface area (Å²) in [6.45, 7) is 3.60. The lowest BCUT2D eigenvalue weighted by atomic mass is 10.1. The van der Waals surface area contributed by atoms with E-state index in [1.165, 1.54) is 24.4 Å². The molecule has 1 saturated heterocycles. The van der Waals surface area contributed by atoms with E-state index in [-0.39, 0.29) is 5.82 Å². The monoisotopic (exact) mass is 309 g/mol. The smallest absolute Gasteiger partial charge is 0.167 e. The molecule has 112 valence electrons. The number of rotatable bonds is 4. The normalized spacial score (nSPS) is 29.0. The molecule has 0 spiro atoms. The Morgan fingerprint density at radius 1 is 1.38 bits per heavy atom. The number of nitrogens with two attached hydrogens (primary N) is 1. The second-order valence-electron chi connectivity index (χ2n) is 4.63. The van der Waals surface area contributed by atoms with Crippen LogP contribution in [0.3, 0.4) is 0 Å². The maximum absolute atomic E-state index is 10.2. The van der Waals surface area contributed by atoms with Crippen molar-refractivity contribution >= 4 is 28.7 Å². The van der Waals surface area contributed by atoms with Crippen molar-refractivity contribution in [1.82, 2.24) is 19.5 Å². The van der Waals surface area contributed by atoms with Crippen molar-refractivity contribution in [3.05, 3.63) is 24.6 Å². The van der Waals surface area contributed by atoms with E-state index in [1.54, 1.807) is 9.98 Å². The Morgan fingerprint density at radius 2 is 2.19 bits per heavy atom. The van der Waals surface area contributed by atoms with E-state index in [9.17, 15) is 10.2 Å². The van der Waals surface area contributed by atoms with Crippen molar-refractivity contribution in [1.29, 1.82) is 0 Å². The molecular weight excluding hydrogens is 294 g/mol. The Hall–Kier alpha value is -1.68. The third-order valence-electron chi connectivity index (χ3n) is 3.38. The lowest BCUT2D eigenvalue weighted by Crippen LogP contribution is -2.32. The Kier molecular flexibility index (Phi) is 3.81. The number of ether oxygens (including phenoxy) is 1. The zero-order chi connectivity index (χ0) is 15.0. The van der Waals surface area contributed by atoms with Crippen molar-refractivity contribution < 1.29 is 14.9 Å². The van der Waals surface area contributed by atoms with Crippen molar-refractivity contribution in [2.75, 3.05) is 11.5 Å². The number of hydrogen-bond donors (Lipinski definition) is 3. The predicted molar refractivity (Wildman–Crippen MR) is 78.3 cm³/mol. The molecule has 3 heterocycles. The van der Waals surface area contributed by atoms with Gasteiger partial charge < -0.3 is 20.7 Å². The van der Waals surface area contributed by atoms with Gasteiger partial charge in [-0.2, -0.15) is 0 Å². The molecule has 1 fully saturated rings. The zero-order valence-corrected chi connectivity index (χ0v) is 11.8. The van der Waals surface area contributed by atoms with Crippen LogP contribution in [-0.2, 0) is 4.74 Å². The second kappa shape index (κ2) is 5.60. The van der Waals surface area contributed by atoms with E-state index in [0.29, 0.717) is 16.9 Å². The molecule has 1 aliphatic heterocycles. The highest BCUT2D eigenvalue weighted by Gasteiger charge is 2.44. The van der Waals surface area contributed by atoms with Crippen LogP contribution in [0.15, 0.2) is 24.6 Å². The Morgan fingerprint density at radius 3 is 2.95 bits per heavy atom. The summed E-state index contributed by atoms with van der Waals surface area (Å²) in [4.78, 5) is 12.1. The molecule has 1 aliphatic rings. The number of thioether (sulfide) groups is 1. The maximum atomic E-state index is 10.2. The van der Waals surface area contributed by atoms with Crippen LogP contribution in [0.25, 0.3) is 11.2 Å². The van der Waals surface area contributed by atoms with Gasteiger partial charge in [0.15, 0.2) is 17.7 Å². The van der Waals surface area contributed by atoms with Crippen LogP contribution < -0.4 is 5.73 Å². The van der Waals surface area contributed by atoms with E-state index < -0.39 is 24.5 Å². The third kappa shape index (κ3) is 2.38. The molecule has 2 aromatic rings. The first kappa shape index (κ1) is 14.3. The Balaban J connectivity index is 1.92. The summed E-state index contributed by atoms with van der Waals surface area (Å²) in [5, 5.41) is 21.9. The van der Waals surface area contributed by atoms with Crippen molar-refractivity contribution in [3.63, 3.8) is 0 Å². The van der Waals surface area contributed by atoms with Gasteiger partial charge in [-0.25, -0.2) is 15.0 Å². The molecule has 0 saturated carbocycles. The standard InChI is InChI=1S/C12H15N5O3S/c1-2-21-3-6-8(18)9(19)12(20-6)17-5-16-7-10(13)14-4-15-11(7)17/h2,4-6,8-9,12,18-19H,1,3H2,(H2,13,14,15)/t6-,8-,9-,12-/m1/s1. The molecule has 0 bridgehead atoms. The first-order valence-electron chi connectivity index (χ1n) is 6.30. The van der Waals surface area contributed by atoms with Gasteiger partial charge in [0.1, 0.15) is 24.1 Å². The minimum atomic E-state index is -1.07. The molecule has 4 atom stereocenters. The lowest BCUT2D eigenvalue weighted by molar-refractivity contribution is -0.0288. The molecule has 2 aromatic heterocycles. The lowest BCUT2D eigenvalue weighted by Gasteiger charge is -2.16. The number of aliphatic hydroxyl groups is 2. The van der Waals surface area contributed by atoms with Gasteiger partial charge in [0.05, 0.1) is 12.4 Å². The number of fused-ring (bicyclic) bond motifs is 1. The third-order valence-corrected chi connectivity index (χ3v) is 4.13. The molecule has 8 nitrogen and oxygen atoms in total. The second-order valence-corrected chi connectivity index (χ2v) is 5.63. The van der Waals surface area contributed by atoms with Crippen LogP contribution in [0.4, 0.5) is 5.82 Å². The average molecular weight is 309 g/mol. The van der Waals surface area contributed by atoms with Crippen molar-refractivity contribution in [3.8, 4) is 0 Å². The number of nitrogen functional groups attached to an aromatic ring is 1. The first-order valence-corrected chi connectivity index (χ1v) is 7.35. The van der Waals surface area contributed by atoms with E-state index >= 15 is 0 Å². The minimum absolute atomic E-state index is 0.255. The molecule has 0 aromatic carbocycles. The zero-order valence-electron chi connectivity index (χ0n) is 11.0. The summed E-state index contributed by atoms with van der Waals surface area (Å²) in [5.41, 5.74) is 6.62. The van der Waals surface area contributed by atoms with Crippen LogP contribution in [-0.4, -0.2) is 53.8 Å². The molecule has 21 heavy (non-hydrogen) atoms. The Bertz CT molecular complexity index is 663. The fraction of sp³-hybridized carbons (Fsp3) is 0.417. The summed E-state index contributed by atoms with van der Waals surface area (Å²) >= 11 is 1.41. The molecule has 0 aliphatic carbocycles. The van der Waals surface area contributed by atoms with Gasteiger partial charge in [0.2, 0.25) is 0 Å². The quantitative estimate of drug-likeness (QED) is 0.716. The Labute approximate surface area is 124 Å².